The lowest BCUT2D eigenvalue weighted by molar-refractivity contribution is -0.145. The number of nitrogen functional groups attached to an aromatic ring is 1. The Bertz CT molecular complexity index is 966. The van der Waals surface area contributed by atoms with Crippen LogP contribution < -0.4 is 5.73 Å². The lowest BCUT2D eigenvalue weighted by Gasteiger charge is -2.34. The van der Waals surface area contributed by atoms with E-state index in [-0.39, 0.29) is 12.2 Å². The molecule has 0 saturated carbocycles. The normalized spacial score (nSPS) is 28.1. The van der Waals surface area contributed by atoms with Gasteiger partial charge in [0.25, 0.3) is 0 Å². The maximum Gasteiger partial charge on any atom is 0.180 e. The molecule has 0 radical (unpaired) electrons. The molecule has 1 aliphatic rings. The molecule has 1 aliphatic heterocycles. The highest BCUT2D eigenvalue weighted by molar-refractivity contribution is 9.10. The van der Waals surface area contributed by atoms with Gasteiger partial charge in [-0.15, -0.1) is 0 Å². The molecule has 10 heteroatoms. The van der Waals surface area contributed by atoms with Gasteiger partial charge in [-0.3, -0.25) is 4.57 Å². The first-order valence-corrected chi connectivity index (χ1v) is 9.09. The second-order valence-corrected chi connectivity index (χ2v) is 7.38. The molecule has 4 rings (SSSR count). The van der Waals surface area contributed by atoms with Crippen LogP contribution in [0.15, 0.2) is 41.4 Å². The minimum absolute atomic E-state index is 0.198. The lowest BCUT2D eigenvalue weighted by Crippen LogP contribution is -2.47. The van der Waals surface area contributed by atoms with Crippen molar-refractivity contribution in [1.29, 1.82) is 0 Å². The summed E-state index contributed by atoms with van der Waals surface area (Å²) in [4.78, 5) is 12.4. The van der Waals surface area contributed by atoms with Gasteiger partial charge in [-0.25, -0.2) is 15.0 Å². The number of aliphatic hydroxyl groups excluding tert-OH is 3. The zero-order chi connectivity index (χ0) is 19.2. The highest BCUT2D eigenvalue weighted by atomic mass is 79.9. The quantitative estimate of drug-likeness (QED) is 0.454. The van der Waals surface area contributed by atoms with E-state index in [0.717, 1.165) is 10.0 Å². The number of ether oxygens (including phenoxy) is 1. The van der Waals surface area contributed by atoms with Gasteiger partial charge in [0.2, 0.25) is 0 Å². The maximum atomic E-state index is 10.9. The molecule has 0 aliphatic carbocycles. The average molecular weight is 436 g/mol. The van der Waals surface area contributed by atoms with Gasteiger partial charge in [-0.2, -0.15) is 0 Å². The van der Waals surface area contributed by atoms with Gasteiger partial charge >= 0.3 is 0 Å². The van der Waals surface area contributed by atoms with Crippen LogP contribution in [-0.4, -0.2) is 59.8 Å². The van der Waals surface area contributed by atoms with E-state index in [4.69, 9.17) is 10.5 Å². The molecule has 2 aromatic heterocycles. The molecule has 3 heterocycles. The van der Waals surface area contributed by atoms with Crippen molar-refractivity contribution in [2.24, 2.45) is 0 Å². The monoisotopic (exact) mass is 435 g/mol. The Hall–Kier alpha value is -2.11. The van der Waals surface area contributed by atoms with Crippen molar-refractivity contribution < 1.29 is 20.1 Å². The Morgan fingerprint density at radius 1 is 1.19 bits per heavy atom. The SMILES string of the molecule is Nc1ncnc2c1ncn2[C@]1(Cc2ccc(Br)cc2)O[C@H](CO)[C@@H](O)[C@H]1O. The Balaban J connectivity index is 1.88. The molecule has 0 bridgehead atoms. The number of nitrogens with two attached hydrogens (primary N) is 1. The molecule has 1 aromatic carbocycles. The number of nitrogens with zero attached hydrogens (tertiary/aromatic N) is 4. The maximum absolute atomic E-state index is 10.9. The third-order valence-corrected chi connectivity index (χ3v) is 5.37. The van der Waals surface area contributed by atoms with E-state index in [1.807, 2.05) is 24.3 Å². The van der Waals surface area contributed by atoms with Gasteiger partial charge in [0.05, 0.1) is 12.9 Å². The predicted octanol–water partition coefficient (Wildman–Crippen LogP) is 0.179. The summed E-state index contributed by atoms with van der Waals surface area (Å²) in [5.74, 6) is 0.198. The van der Waals surface area contributed by atoms with E-state index in [1.54, 1.807) is 4.57 Å². The zero-order valence-corrected chi connectivity index (χ0v) is 15.7. The van der Waals surface area contributed by atoms with Crippen molar-refractivity contribution in [2.45, 2.75) is 30.5 Å². The summed E-state index contributed by atoms with van der Waals surface area (Å²) < 4.78 is 8.47. The molecule has 27 heavy (non-hydrogen) atoms. The summed E-state index contributed by atoms with van der Waals surface area (Å²) in [6.07, 6.45) is -0.597. The molecule has 0 spiro atoms. The zero-order valence-electron chi connectivity index (χ0n) is 14.1. The van der Waals surface area contributed by atoms with E-state index >= 15 is 0 Å². The highest BCUT2D eigenvalue weighted by Gasteiger charge is 2.55. The number of anilines is 1. The summed E-state index contributed by atoms with van der Waals surface area (Å²) in [6, 6.07) is 7.50. The fourth-order valence-corrected chi connectivity index (χ4v) is 3.74. The van der Waals surface area contributed by atoms with Gasteiger partial charge in [-0.05, 0) is 17.7 Å². The van der Waals surface area contributed by atoms with E-state index in [2.05, 4.69) is 30.9 Å². The van der Waals surface area contributed by atoms with Crippen LogP contribution in [0.25, 0.3) is 11.2 Å². The van der Waals surface area contributed by atoms with Crippen molar-refractivity contribution in [3.63, 3.8) is 0 Å². The fraction of sp³-hybridized carbons (Fsp3) is 0.353. The minimum atomic E-state index is -1.42. The second-order valence-electron chi connectivity index (χ2n) is 6.47. The predicted molar refractivity (Wildman–Crippen MR) is 99.5 cm³/mol. The van der Waals surface area contributed by atoms with Crippen LogP contribution in [0.1, 0.15) is 5.56 Å². The molecule has 142 valence electrons. The third-order valence-electron chi connectivity index (χ3n) is 4.84. The van der Waals surface area contributed by atoms with E-state index < -0.39 is 30.6 Å². The van der Waals surface area contributed by atoms with Crippen molar-refractivity contribution in [3.05, 3.63) is 47.0 Å². The highest BCUT2D eigenvalue weighted by Crippen LogP contribution is 2.40. The standard InChI is InChI=1S/C17H18BrN5O4/c18-10-3-1-9(2-4-10)5-17(14(26)13(25)11(6-24)27-17)23-8-22-12-15(19)20-7-21-16(12)23/h1-4,7-8,11,13-14,24-26H,5-6H2,(H2,19,20,21)/t11-,13-,14-,17-/m1/s1. The summed E-state index contributed by atoms with van der Waals surface area (Å²) in [5, 5.41) is 30.9. The van der Waals surface area contributed by atoms with Crippen LogP contribution in [0.4, 0.5) is 5.82 Å². The van der Waals surface area contributed by atoms with Crippen LogP contribution in [0.2, 0.25) is 0 Å². The summed E-state index contributed by atoms with van der Waals surface area (Å²) >= 11 is 3.39. The van der Waals surface area contributed by atoms with Crippen LogP contribution in [0.3, 0.4) is 0 Å². The van der Waals surface area contributed by atoms with Gasteiger partial charge < -0.3 is 25.8 Å². The average Bonchev–Trinajstić information content (AvgIpc) is 3.20. The number of aromatic nitrogens is 4. The first-order valence-electron chi connectivity index (χ1n) is 8.29. The van der Waals surface area contributed by atoms with Gasteiger partial charge in [0.15, 0.2) is 17.2 Å². The molecule has 0 amide bonds. The molecule has 0 unspecified atom stereocenters. The smallest absolute Gasteiger partial charge is 0.180 e. The first kappa shape index (κ1) is 18.3. The lowest BCUT2D eigenvalue weighted by atomic mass is 9.95. The van der Waals surface area contributed by atoms with Crippen molar-refractivity contribution in [2.75, 3.05) is 12.3 Å². The van der Waals surface area contributed by atoms with Crippen molar-refractivity contribution >= 4 is 32.9 Å². The number of hydrogen-bond donors (Lipinski definition) is 4. The summed E-state index contributed by atoms with van der Waals surface area (Å²) in [6.45, 7) is -0.440. The number of imidazole rings is 1. The fourth-order valence-electron chi connectivity index (χ4n) is 3.47. The van der Waals surface area contributed by atoms with Crippen LogP contribution in [0.5, 0.6) is 0 Å². The Labute approximate surface area is 162 Å². The van der Waals surface area contributed by atoms with Gasteiger partial charge in [-0.1, -0.05) is 28.1 Å². The number of aliphatic hydroxyl groups is 3. The number of benzene rings is 1. The molecule has 1 saturated heterocycles. The summed E-state index contributed by atoms with van der Waals surface area (Å²) in [7, 11) is 0. The number of rotatable bonds is 4. The van der Waals surface area contributed by atoms with E-state index in [0.29, 0.717) is 11.2 Å². The Morgan fingerprint density at radius 3 is 2.59 bits per heavy atom. The number of halogens is 1. The van der Waals surface area contributed by atoms with Gasteiger partial charge in [0, 0.05) is 10.9 Å². The van der Waals surface area contributed by atoms with Crippen LogP contribution in [0, 0.1) is 0 Å². The minimum Gasteiger partial charge on any atom is -0.394 e. The Morgan fingerprint density at radius 2 is 1.93 bits per heavy atom. The third kappa shape index (κ3) is 2.89. The molecule has 3 aromatic rings. The van der Waals surface area contributed by atoms with Crippen LogP contribution >= 0.6 is 15.9 Å². The Kier molecular flexibility index (Phi) is 4.60. The summed E-state index contributed by atoms with van der Waals surface area (Å²) in [5.41, 5.74) is 6.04. The van der Waals surface area contributed by atoms with Crippen molar-refractivity contribution in [3.8, 4) is 0 Å². The van der Waals surface area contributed by atoms with E-state index in [9.17, 15) is 15.3 Å². The van der Waals surface area contributed by atoms with Gasteiger partial charge in [0.1, 0.15) is 30.2 Å². The molecule has 4 atom stereocenters. The molecule has 1 fully saturated rings. The number of hydrogen-bond acceptors (Lipinski definition) is 8. The molecular weight excluding hydrogens is 418 g/mol. The first-order chi connectivity index (χ1) is 13.0. The van der Waals surface area contributed by atoms with Crippen molar-refractivity contribution in [1.82, 2.24) is 19.5 Å². The van der Waals surface area contributed by atoms with E-state index in [1.165, 1.54) is 12.7 Å². The topological polar surface area (TPSA) is 140 Å². The second kappa shape index (κ2) is 6.80. The largest absolute Gasteiger partial charge is 0.394 e. The molecule has 9 nitrogen and oxygen atoms in total. The molecule has 5 N–H and O–H groups in total. The number of fused-ring (bicyclic) bond motifs is 1. The molecular formula is C17H18BrN5O4. The van der Waals surface area contributed by atoms with Crippen LogP contribution in [-0.2, 0) is 16.9 Å².